The lowest BCUT2D eigenvalue weighted by molar-refractivity contribution is 0.126. The second-order valence-corrected chi connectivity index (χ2v) is 2.92. The maximum atomic E-state index is 9.51. The second kappa shape index (κ2) is 2.53. The molecule has 0 aromatic rings. The maximum absolute atomic E-state index is 9.51. The normalized spacial score (nSPS) is 33.5. The molecule has 1 saturated carbocycles. The van der Waals surface area contributed by atoms with E-state index in [1.807, 2.05) is 0 Å². The summed E-state index contributed by atoms with van der Waals surface area (Å²) in [6, 6.07) is 0.248. The first kappa shape index (κ1) is 8.05. The Labute approximate surface area is 66.7 Å². The molecular weight excluding hydrogens is 150 g/mol. The SMILES string of the molecule is Cl.OC1(C2C=CCN2)CC1. The van der Waals surface area contributed by atoms with E-state index in [-0.39, 0.29) is 24.0 Å². The molecule has 1 heterocycles. The van der Waals surface area contributed by atoms with Crippen molar-refractivity contribution in [2.75, 3.05) is 6.54 Å². The Hall–Kier alpha value is -0.0500. The van der Waals surface area contributed by atoms with Gasteiger partial charge in [-0.1, -0.05) is 12.2 Å². The number of hydrogen-bond donors (Lipinski definition) is 2. The first-order chi connectivity index (χ1) is 4.31. The van der Waals surface area contributed by atoms with Crippen molar-refractivity contribution < 1.29 is 5.11 Å². The van der Waals surface area contributed by atoms with Crippen molar-refractivity contribution in [1.29, 1.82) is 0 Å². The summed E-state index contributed by atoms with van der Waals surface area (Å²) in [5, 5.41) is 12.7. The van der Waals surface area contributed by atoms with E-state index in [0.29, 0.717) is 0 Å². The lowest BCUT2D eigenvalue weighted by atomic mass is 10.1. The molecule has 0 saturated heterocycles. The van der Waals surface area contributed by atoms with Crippen LogP contribution < -0.4 is 5.32 Å². The quantitative estimate of drug-likeness (QED) is 0.548. The van der Waals surface area contributed by atoms with Crippen LogP contribution in [-0.2, 0) is 0 Å². The molecule has 1 fully saturated rings. The lowest BCUT2D eigenvalue weighted by Crippen LogP contribution is -2.36. The van der Waals surface area contributed by atoms with E-state index < -0.39 is 0 Å². The van der Waals surface area contributed by atoms with Gasteiger partial charge in [0.2, 0.25) is 0 Å². The van der Waals surface area contributed by atoms with E-state index in [0.717, 1.165) is 19.4 Å². The third-order valence-electron chi connectivity index (χ3n) is 2.13. The fourth-order valence-electron chi connectivity index (χ4n) is 1.28. The molecule has 10 heavy (non-hydrogen) atoms. The highest BCUT2D eigenvalue weighted by atomic mass is 35.5. The van der Waals surface area contributed by atoms with E-state index >= 15 is 0 Å². The summed E-state index contributed by atoms with van der Waals surface area (Å²) >= 11 is 0. The van der Waals surface area contributed by atoms with Crippen LogP contribution in [0.25, 0.3) is 0 Å². The number of halogens is 1. The topological polar surface area (TPSA) is 32.3 Å². The molecule has 0 bridgehead atoms. The summed E-state index contributed by atoms with van der Waals surface area (Å²) in [5.41, 5.74) is -0.368. The van der Waals surface area contributed by atoms with Crippen LogP contribution in [0, 0.1) is 0 Å². The van der Waals surface area contributed by atoms with Crippen LogP contribution in [0.15, 0.2) is 12.2 Å². The largest absolute Gasteiger partial charge is 0.388 e. The fraction of sp³-hybridized carbons (Fsp3) is 0.714. The summed E-state index contributed by atoms with van der Waals surface area (Å²) in [4.78, 5) is 0. The van der Waals surface area contributed by atoms with Crippen molar-refractivity contribution in [3.63, 3.8) is 0 Å². The van der Waals surface area contributed by atoms with Gasteiger partial charge in [0, 0.05) is 6.54 Å². The van der Waals surface area contributed by atoms with Gasteiger partial charge in [0.25, 0.3) is 0 Å². The van der Waals surface area contributed by atoms with Gasteiger partial charge in [-0.15, -0.1) is 12.4 Å². The molecule has 1 aliphatic carbocycles. The standard InChI is InChI=1S/C7H11NO.ClH/c9-7(3-4-7)6-2-1-5-8-6;/h1-2,6,8-9H,3-5H2;1H. The van der Waals surface area contributed by atoms with E-state index in [2.05, 4.69) is 17.5 Å². The van der Waals surface area contributed by atoms with Crippen molar-refractivity contribution in [3.05, 3.63) is 12.2 Å². The first-order valence-corrected chi connectivity index (χ1v) is 3.44. The monoisotopic (exact) mass is 161 g/mol. The van der Waals surface area contributed by atoms with Gasteiger partial charge in [-0.3, -0.25) is 0 Å². The number of nitrogens with one attached hydrogen (secondary N) is 1. The van der Waals surface area contributed by atoms with Crippen molar-refractivity contribution in [2.45, 2.75) is 24.5 Å². The zero-order valence-corrected chi connectivity index (χ0v) is 6.53. The van der Waals surface area contributed by atoms with Crippen molar-refractivity contribution >= 4 is 12.4 Å². The van der Waals surface area contributed by atoms with Crippen molar-refractivity contribution in [1.82, 2.24) is 5.32 Å². The van der Waals surface area contributed by atoms with Gasteiger partial charge < -0.3 is 10.4 Å². The molecule has 1 aliphatic heterocycles. The van der Waals surface area contributed by atoms with Crippen LogP contribution in [0.2, 0.25) is 0 Å². The van der Waals surface area contributed by atoms with Crippen LogP contribution in [0.5, 0.6) is 0 Å². The van der Waals surface area contributed by atoms with Crippen LogP contribution in [0.3, 0.4) is 0 Å². The summed E-state index contributed by atoms with van der Waals surface area (Å²) in [5.74, 6) is 0. The molecule has 0 aromatic heterocycles. The molecule has 1 unspecified atom stereocenters. The van der Waals surface area contributed by atoms with E-state index in [1.165, 1.54) is 0 Å². The molecular formula is C7H12ClNO. The first-order valence-electron chi connectivity index (χ1n) is 3.44. The van der Waals surface area contributed by atoms with Gasteiger partial charge in [0.15, 0.2) is 0 Å². The average molecular weight is 162 g/mol. The molecule has 2 N–H and O–H groups in total. The van der Waals surface area contributed by atoms with Crippen LogP contribution >= 0.6 is 12.4 Å². The van der Waals surface area contributed by atoms with E-state index in [4.69, 9.17) is 0 Å². The summed E-state index contributed by atoms with van der Waals surface area (Å²) < 4.78 is 0. The Bertz CT molecular complexity index is 154. The highest BCUT2D eigenvalue weighted by Crippen LogP contribution is 2.39. The van der Waals surface area contributed by atoms with E-state index in [1.54, 1.807) is 0 Å². The predicted molar refractivity (Wildman–Crippen MR) is 42.4 cm³/mol. The highest BCUT2D eigenvalue weighted by molar-refractivity contribution is 5.85. The summed E-state index contributed by atoms with van der Waals surface area (Å²) in [7, 11) is 0. The van der Waals surface area contributed by atoms with Gasteiger partial charge in [-0.05, 0) is 12.8 Å². The molecule has 58 valence electrons. The molecule has 0 radical (unpaired) electrons. The zero-order valence-electron chi connectivity index (χ0n) is 5.71. The minimum absolute atomic E-state index is 0. The van der Waals surface area contributed by atoms with Crippen LogP contribution in [0.1, 0.15) is 12.8 Å². The average Bonchev–Trinajstić information content (AvgIpc) is 2.46. The van der Waals surface area contributed by atoms with Gasteiger partial charge in [0.05, 0.1) is 11.6 Å². The molecule has 0 aromatic carbocycles. The fourth-order valence-corrected chi connectivity index (χ4v) is 1.28. The third-order valence-corrected chi connectivity index (χ3v) is 2.13. The number of rotatable bonds is 1. The Balaban J connectivity index is 0.000000500. The van der Waals surface area contributed by atoms with Gasteiger partial charge >= 0.3 is 0 Å². The molecule has 0 spiro atoms. The van der Waals surface area contributed by atoms with Gasteiger partial charge in [0.1, 0.15) is 0 Å². The molecule has 1 atom stereocenters. The Kier molecular flexibility index (Phi) is 2.04. The maximum Gasteiger partial charge on any atom is 0.0837 e. The number of aliphatic hydroxyl groups is 1. The molecule has 2 aliphatic rings. The minimum Gasteiger partial charge on any atom is -0.388 e. The van der Waals surface area contributed by atoms with Gasteiger partial charge in [-0.25, -0.2) is 0 Å². The zero-order chi connectivity index (χ0) is 6.32. The second-order valence-electron chi connectivity index (χ2n) is 2.92. The smallest absolute Gasteiger partial charge is 0.0837 e. The minimum atomic E-state index is -0.368. The Morgan fingerprint density at radius 2 is 2.20 bits per heavy atom. The third kappa shape index (κ3) is 1.19. The molecule has 3 heteroatoms. The Morgan fingerprint density at radius 3 is 2.60 bits per heavy atom. The summed E-state index contributed by atoms with van der Waals surface area (Å²) in [6.07, 6.45) is 6.07. The van der Waals surface area contributed by atoms with Crippen molar-refractivity contribution in [3.8, 4) is 0 Å². The number of hydrogen-bond acceptors (Lipinski definition) is 2. The molecule has 2 rings (SSSR count). The van der Waals surface area contributed by atoms with Crippen LogP contribution in [0.4, 0.5) is 0 Å². The van der Waals surface area contributed by atoms with Crippen LogP contribution in [-0.4, -0.2) is 23.3 Å². The van der Waals surface area contributed by atoms with Crippen molar-refractivity contribution in [2.24, 2.45) is 0 Å². The predicted octanol–water partition coefficient (Wildman–Crippen LogP) is 0.461. The highest BCUT2D eigenvalue weighted by Gasteiger charge is 2.47. The lowest BCUT2D eigenvalue weighted by Gasteiger charge is -2.14. The van der Waals surface area contributed by atoms with E-state index in [9.17, 15) is 5.11 Å². The Morgan fingerprint density at radius 1 is 1.50 bits per heavy atom. The molecule has 0 amide bonds. The molecule has 2 nitrogen and oxygen atoms in total. The summed E-state index contributed by atoms with van der Waals surface area (Å²) in [6.45, 7) is 0.924. The van der Waals surface area contributed by atoms with Gasteiger partial charge in [-0.2, -0.15) is 0 Å².